The third-order valence-electron chi connectivity index (χ3n) is 3.76. The number of carbonyl (C=O) groups excluding carboxylic acids is 1. The third-order valence-corrected chi connectivity index (χ3v) is 5.64. The molecule has 124 valence electrons. The maximum absolute atomic E-state index is 11.5. The molecule has 0 unspecified atom stereocenters. The van der Waals surface area contributed by atoms with Gasteiger partial charge in [0.1, 0.15) is 0 Å². The Balaban J connectivity index is 1.88. The Morgan fingerprint density at radius 3 is 1.76 bits per heavy atom. The van der Waals surface area contributed by atoms with Crippen LogP contribution in [0.1, 0.15) is 21.5 Å². The van der Waals surface area contributed by atoms with Crippen molar-refractivity contribution in [1.29, 1.82) is 0 Å². The van der Waals surface area contributed by atoms with E-state index in [1.54, 1.807) is 0 Å². The molecule has 2 nitrogen and oxygen atoms in total. The minimum absolute atomic E-state index is 0.162. The fraction of sp³-hybridized carbons (Fsp3) is 0.0455. The summed E-state index contributed by atoms with van der Waals surface area (Å²) in [7, 11) is 1.40. The van der Waals surface area contributed by atoms with Crippen LogP contribution in [0.5, 0.6) is 0 Å². The van der Waals surface area contributed by atoms with Crippen molar-refractivity contribution in [2.45, 2.75) is 0 Å². The summed E-state index contributed by atoms with van der Waals surface area (Å²) in [4.78, 5) is 13.8. The molecule has 0 radical (unpaired) electrons. The number of rotatable bonds is 5. The molecule has 0 saturated heterocycles. The summed E-state index contributed by atoms with van der Waals surface area (Å²) in [6, 6.07) is 28.5. The van der Waals surface area contributed by atoms with Crippen molar-refractivity contribution in [3.63, 3.8) is 0 Å². The van der Waals surface area contributed by atoms with Gasteiger partial charge < -0.3 is 0 Å². The molecule has 3 rings (SSSR count). The van der Waals surface area contributed by atoms with Gasteiger partial charge in [0.15, 0.2) is 0 Å². The van der Waals surface area contributed by atoms with Crippen LogP contribution in [-0.4, -0.2) is 28.0 Å². The number of carbonyl (C=O) groups is 1. The first kappa shape index (κ1) is 17.2. The normalized spacial score (nSPS) is 10.1. The minimum atomic E-state index is -0.302. The van der Waals surface area contributed by atoms with E-state index >= 15 is 0 Å². The summed E-state index contributed by atoms with van der Waals surface area (Å²) in [5, 5.41) is 0. The van der Waals surface area contributed by atoms with Gasteiger partial charge in [-0.15, -0.1) is 0 Å². The Kier molecular flexibility index (Phi) is 5.84. The maximum atomic E-state index is 11.5. The molecule has 0 N–H and O–H groups in total. The predicted molar refractivity (Wildman–Crippen MR) is 103 cm³/mol. The Labute approximate surface area is 154 Å². The number of hydrogen-bond donors (Lipinski definition) is 0. The molecule has 0 aromatic heterocycles. The molecule has 0 amide bonds. The van der Waals surface area contributed by atoms with Gasteiger partial charge in [0.25, 0.3) is 0 Å². The second kappa shape index (κ2) is 8.48. The van der Waals surface area contributed by atoms with Gasteiger partial charge >= 0.3 is 154 Å². The van der Waals surface area contributed by atoms with Crippen molar-refractivity contribution in [3.8, 4) is 0 Å². The van der Waals surface area contributed by atoms with Crippen molar-refractivity contribution in [1.82, 2.24) is 0 Å². The molecular formula is C22H18O2Se. The van der Waals surface area contributed by atoms with Gasteiger partial charge in [-0.1, -0.05) is 0 Å². The van der Waals surface area contributed by atoms with Crippen molar-refractivity contribution in [2.75, 3.05) is 7.11 Å². The van der Waals surface area contributed by atoms with E-state index in [-0.39, 0.29) is 20.9 Å². The number of ether oxygens (including phenoxy) is 1. The van der Waals surface area contributed by atoms with Gasteiger partial charge in [-0.05, 0) is 0 Å². The molecule has 0 saturated carbocycles. The van der Waals surface area contributed by atoms with E-state index in [1.165, 1.54) is 28.3 Å². The molecule has 0 aliphatic rings. The van der Waals surface area contributed by atoms with Gasteiger partial charge in [0.05, 0.1) is 0 Å². The molecule has 25 heavy (non-hydrogen) atoms. The Morgan fingerprint density at radius 2 is 1.28 bits per heavy atom. The molecule has 3 heteroatoms. The van der Waals surface area contributed by atoms with Crippen LogP contribution in [0.15, 0.2) is 89.9 Å². The predicted octanol–water partition coefficient (Wildman–Crippen LogP) is 3.89. The van der Waals surface area contributed by atoms with Crippen LogP contribution in [0.4, 0.5) is 0 Å². The van der Waals surface area contributed by atoms with Gasteiger partial charge in [-0.2, -0.15) is 0 Å². The van der Waals surface area contributed by atoms with Crippen LogP contribution in [0.25, 0.3) is 5.57 Å². The van der Waals surface area contributed by atoms with E-state index in [4.69, 9.17) is 4.74 Å². The van der Waals surface area contributed by atoms with E-state index in [2.05, 4.69) is 53.5 Å². The average molecular weight is 393 g/mol. The zero-order chi connectivity index (χ0) is 17.5. The van der Waals surface area contributed by atoms with E-state index in [9.17, 15) is 4.79 Å². The van der Waals surface area contributed by atoms with E-state index in [1.807, 2.05) is 36.4 Å². The number of methoxy groups -OCH3 is 1. The average Bonchev–Trinajstić information content (AvgIpc) is 2.70. The van der Waals surface area contributed by atoms with Gasteiger partial charge in [0.2, 0.25) is 0 Å². The third kappa shape index (κ3) is 4.48. The summed E-state index contributed by atoms with van der Waals surface area (Å²) in [6.45, 7) is 0. The first-order chi connectivity index (χ1) is 12.3. The SMILES string of the molecule is COC(=O)c1ccc([Se]C=C(c2ccccc2)c2ccccc2)cc1. The summed E-state index contributed by atoms with van der Waals surface area (Å²) >= 11 is 0.162. The molecule has 0 bridgehead atoms. The van der Waals surface area contributed by atoms with Crippen LogP contribution in [0, 0.1) is 0 Å². The second-order valence-electron chi connectivity index (χ2n) is 5.40. The molecule has 3 aromatic rings. The summed E-state index contributed by atoms with van der Waals surface area (Å²) < 4.78 is 5.96. The molecule has 3 aromatic carbocycles. The molecule has 0 aliphatic heterocycles. The first-order valence-corrected chi connectivity index (χ1v) is 9.78. The van der Waals surface area contributed by atoms with Crippen molar-refractivity contribution >= 4 is 31.0 Å². The quantitative estimate of drug-likeness (QED) is 0.486. The second-order valence-corrected chi connectivity index (χ2v) is 7.38. The van der Waals surface area contributed by atoms with Crippen molar-refractivity contribution < 1.29 is 9.53 Å². The first-order valence-electron chi connectivity index (χ1n) is 7.94. The summed E-state index contributed by atoms with van der Waals surface area (Å²) in [6.07, 6.45) is 0. The zero-order valence-corrected chi connectivity index (χ0v) is 15.6. The van der Waals surface area contributed by atoms with Crippen LogP contribution in [0.3, 0.4) is 0 Å². The van der Waals surface area contributed by atoms with Crippen molar-refractivity contribution in [3.05, 3.63) is 107 Å². The fourth-order valence-corrected chi connectivity index (χ4v) is 4.17. The number of benzene rings is 3. The topological polar surface area (TPSA) is 26.3 Å². The van der Waals surface area contributed by atoms with Crippen LogP contribution < -0.4 is 4.46 Å². The Hall–Kier alpha value is -2.61. The monoisotopic (exact) mass is 394 g/mol. The van der Waals surface area contributed by atoms with Gasteiger partial charge in [0, 0.05) is 0 Å². The van der Waals surface area contributed by atoms with E-state index in [0.29, 0.717) is 5.56 Å². The standard InChI is InChI=1S/C22H18O2Se/c1-24-22(23)19-12-14-20(15-13-19)25-16-21(17-8-4-2-5-9-17)18-10-6-3-7-11-18/h2-16H,1H3. The van der Waals surface area contributed by atoms with E-state index < -0.39 is 0 Å². The zero-order valence-electron chi connectivity index (χ0n) is 13.9. The Bertz CT molecular complexity index is 812. The van der Waals surface area contributed by atoms with Gasteiger partial charge in [-0.3, -0.25) is 0 Å². The van der Waals surface area contributed by atoms with Gasteiger partial charge in [-0.25, -0.2) is 0 Å². The molecule has 0 heterocycles. The fourth-order valence-electron chi connectivity index (χ4n) is 2.45. The molecule has 0 spiro atoms. The van der Waals surface area contributed by atoms with Crippen molar-refractivity contribution in [2.24, 2.45) is 0 Å². The molecular weight excluding hydrogens is 375 g/mol. The Morgan fingerprint density at radius 1 is 0.760 bits per heavy atom. The summed E-state index contributed by atoms with van der Waals surface area (Å²) in [5.74, 6) is -0.302. The molecule has 0 atom stereocenters. The number of esters is 1. The number of hydrogen-bond acceptors (Lipinski definition) is 2. The van der Waals surface area contributed by atoms with E-state index in [0.717, 1.165) is 0 Å². The van der Waals surface area contributed by atoms with Crippen LogP contribution in [-0.2, 0) is 4.74 Å². The van der Waals surface area contributed by atoms with Crippen LogP contribution in [0.2, 0.25) is 0 Å². The van der Waals surface area contributed by atoms with Crippen LogP contribution >= 0.6 is 0 Å². The summed E-state index contributed by atoms with van der Waals surface area (Å²) in [5.41, 5.74) is 4.24. The molecule has 0 fully saturated rings. The molecule has 0 aliphatic carbocycles.